The third-order valence-electron chi connectivity index (χ3n) is 9.51. The van der Waals surface area contributed by atoms with Crippen LogP contribution in [0.5, 0.6) is 0 Å². The van der Waals surface area contributed by atoms with Gasteiger partial charge in [0.15, 0.2) is 0 Å². The molecule has 0 nitrogen and oxygen atoms in total. The van der Waals surface area contributed by atoms with Crippen LogP contribution >= 0.6 is 22.7 Å². The van der Waals surface area contributed by atoms with E-state index in [1.54, 1.807) is 11.1 Å². The summed E-state index contributed by atoms with van der Waals surface area (Å²) in [6, 6.07) is 23.8. The third kappa shape index (κ3) is 7.81. The van der Waals surface area contributed by atoms with Crippen LogP contribution in [0.3, 0.4) is 0 Å². The summed E-state index contributed by atoms with van der Waals surface area (Å²) in [5.41, 5.74) is 9.12. The summed E-state index contributed by atoms with van der Waals surface area (Å²) < 4.78 is 0. The summed E-state index contributed by atoms with van der Waals surface area (Å²) in [6.45, 7) is 9.10. The van der Waals surface area contributed by atoms with Crippen LogP contribution in [0.2, 0.25) is 0 Å². The molecule has 4 aromatic rings. The maximum Gasteiger partial charge on any atom is 0.0349 e. The molecule has 0 fully saturated rings. The fourth-order valence-corrected chi connectivity index (χ4v) is 8.83. The SMILES string of the molecule is CCCCCCCCC1(CCCCCCCC)c2cc(C)ccc2-c2ccc(-c3ccc(/C=C/c4ccc(C)s4)s3)cc21. The maximum atomic E-state index is 2.60. The van der Waals surface area contributed by atoms with Gasteiger partial charge in [-0.25, -0.2) is 0 Å². The predicted molar refractivity (Wildman–Crippen MR) is 195 cm³/mol. The molecule has 1 aliphatic rings. The van der Waals surface area contributed by atoms with Crippen LogP contribution in [0.1, 0.15) is 135 Å². The molecule has 0 atom stereocenters. The average molecular weight is 609 g/mol. The van der Waals surface area contributed by atoms with E-state index in [9.17, 15) is 0 Å². The second-order valence-corrected chi connectivity index (χ2v) is 15.3. The van der Waals surface area contributed by atoms with Crippen molar-refractivity contribution in [3.8, 4) is 21.6 Å². The van der Waals surface area contributed by atoms with Gasteiger partial charge in [-0.15, -0.1) is 22.7 Å². The lowest BCUT2D eigenvalue weighted by molar-refractivity contribution is 0.398. The zero-order valence-electron chi connectivity index (χ0n) is 27.1. The van der Waals surface area contributed by atoms with Gasteiger partial charge in [-0.2, -0.15) is 0 Å². The van der Waals surface area contributed by atoms with E-state index in [0.717, 1.165) is 0 Å². The van der Waals surface area contributed by atoms with E-state index in [1.807, 2.05) is 22.7 Å². The molecule has 2 aromatic carbocycles. The average Bonchev–Trinajstić information content (AvgIpc) is 3.72. The first-order valence-electron chi connectivity index (χ1n) is 17.1. The number of hydrogen-bond acceptors (Lipinski definition) is 2. The van der Waals surface area contributed by atoms with E-state index in [-0.39, 0.29) is 5.41 Å². The first-order chi connectivity index (χ1) is 21.0. The Bertz CT molecular complexity index is 1460. The van der Waals surface area contributed by atoms with E-state index in [0.29, 0.717) is 0 Å². The highest BCUT2D eigenvalue weighted by atomic mass is 32.1. The highest BCUT2D eigenvalue weighted by molar-refractivity contribution is 7.16. The van der Waals surface area contributed by atoms with Gasteiger partial charge < -0.3 is 0 Å². The van der Waals surface area contributed by atoms with Gasteiger partial charge in [0.25, 0.3) is 0 Å². The van der Waals surface area contributed by atoms with Crippen LogP contribution in [0.25, 0.3) is 33.7 Å². The second kappa shape index (κ2) is 15.5. The molecule has 0 radical (unpaired) electrons. The van der Waals surface area contributed by atoms with Crippen molar-refractivity contribution in [3.63, 3.8) is 0 Å². The normalized spacial score (nSPS) is 13.6. The summed E-state index contributed by atoms with van der Waals surface area (Å²) in [6.07, 6.45) is 23.4. The van der Waals surface area contributed by atoms with Gasteiger partial charge >= 0.3 is 0 Å². The Morgan fingerprint density at radius 1 is 0.558 bits per heavy atom. The van der Waals surface area contributed by atoms with E-state index < -0.39 is 0 Å². The van der Waals surface area contributed by atoms with Crippen LogP contribution in [-0.2, 0) is 5.41 Å². The van der Waals surface area contributed by atoms with Crippen molar-refractivity contribution in [2.45, 2.75) is 123 Å². The van der Waals surface area contributed by atoms with Gasteiger partial charge in [0.2, 0.25) is 0 Å². The first-order valence-corrected chi connectivity index (χ1v) is 18.8. The molecular formula is C41H52S2. The largest absolute Gasteiger partial charge is 0.141 e. The van der Waals surface area contributed by atoms with Crippen molar-refractivity contribution in [3.05, 3.63) is 92.0 Å². The van der Waals surface area contributed by atoms with Crippen LogP contribution in [0.15, 0.2) is 60.7 Å². The summed E-state index contributed by atoms with van der Waals surface area (Å²) in [5, 5.41) is 0. The minimum absolute atomic E-state index is 0.138. The van der Waals surface area contributed by atoms with Crippen molar-refractivity contribution in [1.82, 2.24) is 0 Å². The number of unbranched alkanes of at least 4 members (excludes halogenated alkanes) is 10. The Hall–Kier alpha value is -2.42. The first kappa shape index (κ1) is 32.0. The van der Waals surface area contributed by atoms with Crippen LogP contribution < -0.4 is 0 Å². The van der Waals surface area contributed by atoms with E-state index in [1.165, 1.54) is 132 Å². The lowest BCUT2D eigenvalue weighted by Crippen LogP contribution is -2.25. The molecule has 5 rings (SSSR count). The highest BCUT2D eigenvalue weighted by Crippen LogP contribution is 2.55. The van der Waals surface area contributed by atoms with Crippen molar-refractivity contribution < 1.29 is 0 Å². The standard InChI is InChI=1S/C41H52S2/c1-5-7-9-11-13-15-27-41(28-16-14-12-10-8-6-2)38-29-31(3)17-24-36(38)37-25-19-33(30-39(37)41)40-26-23-35(43-40)22-21-34-20-18-32(4)42-34/h17-26,29-30H,5-16,27-28H2,1-4H3/b22-21+. The van der Waals surface area contributed by atoms with Crippen molar-refractivity contribution in [2.75, 3.05) is 0 Å². The molecule has 0 amide bonds. The molecule has 0 spiro atoms. The number of benzene rings is 2. The minimum atomic E-state index is 0.138. The molecule has 0 unspecified atom stereocenters. The molecule has 0 aliphatic heterocycles. The van der Waals surface area contributed by atoms with E-state index in [4.69, 9.17) is 0 Å². The van der Waals surface area contributed by atoms with Crippen molar-refractivity contribution in [1.29, 1.82) is 0 Å². The molecule has 0 bridgehead atoms. The minimum Gasteiger partial charge on any atom is -0.141 e. The van der Waals surface area contributed by atoms with E-state index in [2.05, 4.69) is 101 Å². The summed E-state index contributed by atoms with van der Waals surface area (Å²) in [7, 11) is 0. The fraction of sp³-hybridized carbons (Fsp3) is 0.463. The molecule has 2 heterocycles. The summed E-state index contributed by atoms with van der Waals surface area (Å²) in [4.78, 5) is 5.40. The molecule has 0 saturated carbocycles. The van der Waals surface area contributed by atoms with E-state index >= 15 is 0 Å². The Balaban J connectivity index is 1.45. The van der Waals surface area contributed by atoms with Gasteiger partial charge in [-0.1, -0.05) is 127 Å². The molecule has 2 aromatic heterocycles. The number of fused-ring (bicyclic) bond motifs is 3. The molecule has 1 aliphatic carbocycles. The Morgan fingerprint density at radius 2 is 1.12 bits per heavy atom. The van der Waals surface area contributed by atoms with Crippen LogP contribution in [-0.4, -0.2) is 0 Å². The predicted octanol–water partition coefficient (Wildman–Crippen LogP) is 14.0. The van der Waals surface area contributed by atoms with Gasteiger partial charge in [-0.05, 0) is 97.0 Å². The maximum absolute atomic E-state index is 2.60. The molecule has 0 saturated heterocycles. The van der Waals surface area contributed by atoms with Gasteiger partial charge in [0, 0.05) is 24.9 Å². The topological polar surface area (TPSA) is 0 Å². The number of thiophene rings is 2. The summed E-state index contributed by atoms with van der Waals surface area (Å²) >= 11 is 3.78. The zero-order valence-corrected chi connectivity index (χ0v) is 28.8. The Kier molecular flexibility index (Phi) is 11.6. The zero-order chi connectivity index (χ0) is 30.1. The lowest BCUT2D eigenvalue weighted by Gasteiger charge is -2.33. The number of hydrogen-bond donors (Lipinski definition) is 0. The molecule has 43 heavy (non-hydrogen) atoms. The highest BCUT2D eigenvalue weighted by Gasteiger charge is 2.42. The molecule has 228 valence electrons. The van der Waals surface area contributed by atoms with Crippen LogP contribution in [0.4, 0.5) is 0 Å². The second-order valence-electron chi connectivity index (χ2n) is 12.9. The lowest BCUT2D eigenvalue weighted by atomic mass is 9.70. The smallest absolute Gasteiger partial charge is 0.0349 e. The van der Waals surface area contributed by atoms with Crippen LogP contribution in [0, 0.1) is 13.8 Å². The van der Waals surface area contributed by atoms with Crippen molar-refractivity contribution in [2.24, 2.45) is 0 Å². The quantitative estimate of drug-likeness (QED) is 0.105. The molecule has 2 heteroatoms. The third-order valence-corrected chi connectivity index (χ3v) is 11.6. The van der Waals surface area contributed by atoms with Gasteiger partial charge in [0.1, 0.15) is 0 Å². The molecule has 0 N–H and O–H groups in total. The molecular weight excluding hydrogens is 557 g/mol. The van der Waals surface area contributed by atoms with Crippen molar-refractivity contribution >= 4 is 34.8 Å². The number of rotatable bonds is 17. The summed E-state index contributed by atoms with van der Waals surface area (Å²) in [5.74, 6) is 0. The van der Waals surface area contributed by atoms with Gasteiger partial charge in [-0.3, -0.25) is 0 Å². The fourth-order valence-electron chi connectivity index (χ4n) is 7.14. The Morgan fingerprint density at radius 3 is 1.74 bits per heavy atom. The number of aryl methyl sites for hydroxylation is 2. The van der Waals surface area contributed by atoms with Gasteiger partial charge in [0.05, 0.1) is 0 Å². The monoisotopic (exact) mass is 608 g/mol. The Labute approximate surface area is 270 Å².